The largest absolute Gasteiger partial charge is 0.349 e. The van der Waals surface area contributed by atoms with Gasteiger partial charge in [-0.2, -0.15) is 0 Å². The van der Waals surface area contributed by atoms with E-state index in [1.807, 2.05) is 0 Å². The van der Waals surface area contributed by atoms with E-state index in [1.165, 1.54) is 17.8 Å². The van der Waals surface area contributed by atoms with Gasteiger partial charge in [0, 0.05) is 24.1 Å². The molecule has 3 aliphatic rings. The Labute approximate surface area is 106 Å². The van der Waals surface area contributed by atoms with Crippen LogP contribution in [0.1, 0.15) is 17.5 Å². The minimum absolute atomic E-state index is 0.535. The Balaban J connectivity index is 1.89. The fourth-order valence-corrected chi connectivity index (χ4v) is 3.33. The van der Waals surface area contributed by atoms with Gasteiger partial charge in [-0.15, -0.1) is 0 Å². The van der Waals surface area contributed by atoms with Crippen LogP contribution in [0.4, 0.5) is 5.69 Å². The number of nitrogens with zero attached hydrogens (tertiary/aromatic N) is 2. The minimum atomic E-state index is 0.535. The van der Waals surface area contributed by atoms with Gasteiger partial charge in [-0.3, -0.25) is 0 Å². The molecule has 0 spiro atoms. The highest BCUT2D eigenvalue weighted by molar-refractivity contribution is 6.32. The first-order chi connectivity index (χ1) is 8.24. The van der Waals surface area contributed by atoms with E-state index >= 15 is 0 Å². The highest BCUT2D eigenvalue weighted by atomic mass is 35.5. The molecule has 0 aromatic heterocycles. The lowest BCUT2D eigenvalue weighted by molar-refractivity contribution is 0.378. The van der Waals surface area contributed by atoms with Gasteiger partial charge in [-0.25, -0.2) is 4.99 Å². The molecule has 86 valence electrons. The molecule has 17 heavy (non-hydrogen) atoms. The predicted octanol–water partition coefficient (Wildman–Crippen LogP) is 3.45. The Morgan fingerprint density at radius 1 is 1.35 bits per heavy atom. The monoisotopic (exact) mass is 244 g/mol. The van der Waals surface area contributed by atoms with Crippen LogP contribution in [0, 0.1) is 12.8 Å². The maximum Gasteiger partial charge on any atom is 0.113 e. The first-order valence-corrected chi connectivity index (χ1v) is 6.43. The average Bonchev–Trinajstić information content (AvgIpc) is 2.94. The fourth-order valence-electron chi connectivity index (χ4n) is 3.11. The van der Waals surface area contributed by atoms with Gasteiger partial charge < -0.3 is 4.90 Å². The number of amidine groups is 1. The third-order valence-corrected chi connectivity index (χ3v) is 4.59. The topological polar surface area (TPSA) is 15.6 Å². The molecule has 1 aliphatic carbocycles. The maximum atomic E-state index is 6.39. The van der Waals surface area contributed by atoms with Crippen LogP contribution in [0.15, 0.2) is 29.3 Å². The van der Waals surface area contributed by atoms with Gasteiger partial charge in [-0.05, 0) is 25.0 Å². The van der Waals surface area contributed by atoms with Crippen LogP contribution in [-0.2, 0) is 6.54 Å². The predicted molar refractivity (Wildman–Crippen MR) is 69.9 cm³/mol. The van der Waals surface area contributed by atoms with Crippen LogP contribution >= 0.6 is 11.6 Å². The molecule has 2 nitrogen and oxygen atoms in total. The molecule has 4 rings (SSSR count). The molecular formula is C14H13ClN2. The van der Waals surface area contributed by atoms with Gasteiger partial charge in [0.2, 0.25) is 0 Å². The van der Waals surface area contributed by atoms with E-state index in [0.29, 0.717) is 12.0 Å². The van der Waals surface area contributed by atoms with Crippen LogP contribution in [0.5, 0.6) is 0 Å². The van der Waals surface area contributed by atoms with Crippen molar-refractivity contribution in [2.75, 3.05) is 0 Å². The second kappa shape index (κ2) is 3.14. The van der Waals surface area contributed by atoms with Crippen LogP contribution < -0.4 is 0 Å². The summed E-state index contributed by atoms with van der Waals surface area (Å²) in [6.45, 7) is 2.97. The number of hydrogen-bond acceptors (Lipinski definition) is 2. The number of fused-ring (bicyclic) bond motifs is 6. The van der Waals surface area contributed by atoms with E-state index < -0.39 is 0 Å². The Morgan fingerprint density at radius 3 is 3.12 bits per heavy atom. The molecule has 2 heterocycles. The lowest BCUT2D eigenvalue weighted by atomic mass is 10.0. The van der Waals surface area contributed by atoms with Crippen molar-refractivity contribution in [2.24, 2.45) is 10.9 Å². The molecule has 1 aromatic carbocycles. The molecule has 2 unspecified atom stereocenters. The quantitative estimate of drug-likeness (QED) is 0.639. The summed E-state index contributed by atoms with van der Waals surface area (Å²) in [5.74, 6) is 1.78. The lowest BCUT2D eigenvalue weighted by Gasteiger charge is -2.32. The number of hydrogen-bond donors (Lipinski definition) is 0. The third-order valence-electron chi connectivity index (χ3n) is 4.06. The fraction of sp³-hybridized carbons (Fsp3) is 0.357. The lowest BCUT2D eigenvalue weighted by Crippen LogP contribution is -2.36. The van der Waals surface area contributed by atoms with Crippen molar-refractivity contribution in [1.82, 2.24) is 4.90 Å². The summed E-state index contributed by atoms with van der Waals surface area (Å²) in [7, 11) is 0. The summed E-state index contributed by atoms with van der Waals surface area (Å²) >= 11 is 6.39. The summed E-state index contributed by atoms with van der Waals surface area (Å²) in [5.41, 5.74) is 3.40. The van der Waals surface area contributed by atoms with Crippen molar-refractivity contribution in [2.45, 2.75) is 25.9 Å². The van der Waals surface area contributed by atoms with Crippen LogP contribution in [0.25, 0.3) is 0 Å². The smallest absolute Gasteiger partial charge is 0.113 e. The van der Waals surface area contributed by atoms with Gasteiger partial charge in [-0.1, -0.05) is 29.8 Å². The van der Waals surface area contributed by atoms with E-state index in [-0.39, 0.29) is 0 Å². The average molecular weight is 245 g/mol. The number of aliphatic imine (C=N–C) groups is 1. The summed E-state index contributed by atoms with van der Waals surface area (Å²) < 4.78 is 0. The molecular weight excluding hydrogens is 232 g/mol. The van der Waals surface area contributed by atoms with Crippen molar-refractivity contribution in [3.63, 3.8) is 0 Å². The van der Waals surface area contributed by atoms with Crippen molar-refractivity contribution in [3.8, 4) is 0 Å². The zero-order chi connectivity index (χ0) is 11.6. The molecule has 0 amide bonds. The molecule has 3 heteroatoms. The Morgan fingerprint density at radius 2 is 2.24 bits per heavy atom. The standard InChI is InChI=1S/C14H13ClN2/c1-8-2-5-12-11(13(8)15)7-17-10-4-3-9(6-10)14(17)16-12/h2-5,9-10H,6-7H2,1H3. The molecule has 0 saturated carbocycles. The molecule has 2 atom stereocenters. The van der Waals surface area contributed by atoms with E-state index in [0.717, 1.165) is 22.8 Å². The number of rotatable bonds is 0. The van der Waals surface area contributed by atoms with Crippen molar-refractivity contribution in [1.29, 1.82) is 0 Å². The Bertz CT molecular complexity index is 574. The van der Waals surface area contributed by atoms with Crippen LogP contribution in [0.3, 0.4) is 0 Å². The zero-order valence-electron chi connectivity index (χ0n) is 9.65. The third kappa shape index (κ3) is 1.19. The number of aryl methyl sites for hydroxylation is 1. The SMILES string of the molecule is Cc1ccc2c(c1Cl)CN1C(=N2)C2C=CC1C2. The van der Waals surface area contributed by atoms with E-state index in [1.54, 1.807) is 0 Å². The Kier molecular flexibility index (Phi) is 1.79. The van der Waals surface area contributed by atoms with Gasteiger partial charge in [0.1, 0.15) is 5.84 Å². The molecule has 2 bridgehead atoms. The van der Waals surface area contributed by atoms with Gasteiger partial charge >= 0.3 is 0 Å². The van der Waals surface area contributed by atoms with Crippen LogP contribution in [0.2, 0.25) is 5.02 Å². The molecule has 2 aliphatic heterocycles. The first kappa shape index (κ1) is 9.72. The van der Waals surface area contributed by atoms with Gasteiger partial charge in [0.25, 0.3) is 0 Å². The number of benzene rings is 1. The highest BCUT2D eigenvalue weighted by Crippen LogP contribution is 2.42. The summed E-state index contributed by atoms with van der Waals surface area (Å²) in [6, 6.07) is 4.70. The Hall–Kier alpha value is -1.28. The second-order valence-electron chi connectivity index (χ2n) is 5.09. The molecule has 1 saturated heterocycles. The molecule has 0 radical (unpaired) electrons. The summed E-state index contributed by atoms with van der Waals surface area (Å²) in [4.78, 5) is 7.20. The van der Waals surface area contributed by atoms with E-state index in [4.69, 9.17) is 16.6 Å². The molecule has 1 aromatic rings. The molecule has 0 N–H and O–H groups in total. The minimum Gasteiger partial charge on any atom is -0.349 e. The van der Waals surface area contributed by atoms with Gasteiger partial charge in [0.05, 0.1) is 10.7 Å². The van der Waals surface area contributed by atoms with E-state index in [9.17, 15) is 0 Å². The first-order valence-electron chi connectivity index (χ1n) is 6.05. The van der Waals surface area contributed by atoms with Gasteiger partial charge in [0.15, 0.2) is 0 Å². The van der Waals surface area contributed by atoms with Crippen molar-refractivity contribution in [3.05, 3.63) is 40.4 Å². The second-order valence-corrected chi connectivity index (χ2v) is 5.46. The summed E-state index contributed by atoms with van der Waals surface area (Å²) in [5, 5.41) is 0.886. The van der Waals surface area contributed by atoms with Crippen molar-refractivity contribution >= 4 is 23.1 Å². The maximum absolute atomic E-state index is 6.39. The normalized spacial score (nSPS) is 28.1. The summed E-state index contributed by atoms with van der Waals surface area (Å²) in [6.07, 6.45) is 5.79. The molecule has 1 fully saturated rings. The number of halogens is 1. The highest BCUT2D eigenvalue weighted by Gasteiger charge is 2.41. The van der Waals surface area contributed by atoms with E-state index in [2.05, 4.69) is 36.1 Å². The van der Waals surface area contributed by atoms with Crippen LogP contribution in [-0.4, -0.2) is 16.8 Å². The zero-order valence-corrected chi connectivity index (χ0v) is 10.4. The van der Waals surface area contributed by atoms with Crippen molar-refractivity contribution < 1.29 is 0 Å².